The second-order valence-corrected chi connectivity index (χ2v) is 12.8. The van der Waals surface area contributed by atoms with Gasteiger partial charge in [-0.3, -0.25) is 14.5 Å². The van der Waals surface area contributed by atoms with Crippen LogP contribution in [0.25, 0.3) is 0 Å². The van der Waals surface area contributed by atoms with Crippen molar-refractivity contribution in [1.29, 1.82) is 5.26 Å². The highest BCUT2D eigenvalue weighted by atomic mass is 31.2. The van der Waals surface area contributed by atoms with Crippen LogP contribution in [0.15, 0.2) is 24.3 Å². The van der Waals surface area contributed by atoms with Crippen LogP contribution in [0, 0.1) is 11.3 Å². The van der Waals surface area contributed by atoms with Crippen molar-refractivity contribution < 1.29 is 14.3 Å². The average molecular weight is 459 g/mol. The third-order valence-electron chi connectivity index (χ3n) is 6.49. The van der Waals surface area contributed by atoms with Gasteiger partial charge in [0.25, 0.3) is 0 Å². The van der Waals surface area contributed by atoms with Crippen molar-refractivity contribution in [3.05, 3.63) is 24.3 Å². The van der Waals surface area contributed by atoms with Crippen LogP contribution in [-0.4, -0.2) is 48.6 Å². The smallest absolute Gasteiger partial charge is 0.227 e. The maximum absolute atomic E-state index is 14.0. The van der Waals surface area contributed by atoms with Gasteiger partial charge in [-0.05, 0) is 56.3 Å². The number of nitrogens with zero attached hydrogens (tertiary/aromatic N) is 2. The van der Waals surface area contributed by atoms with Crippen LogP contribution >= 0.6 is 6.89 Å². The molecule has 0 saturated carbocycles. The third-order valence-corrected chi connectivity index (χ3v) is 11.3. The van der Waals surface area contributed by atoms with E-state index in [4.69, 9.17) is 4.74 Å². The summed E-state index contributed by atoms with van der Waals surface area (Å²) in [6.07, 6.45) is 9.97. The van der Waals surface area contributed by atoms with E-state index in [9.17, 15) is 14.9 Å². The lowest BCUT2D eigenvalue weighted by Crippen LogP contribution is -2.42. The molecule has 1 amide bonds. The lowest BCUT2D eigenvalue weighted by atomic mass is 10.1. The second-order valence-electron chi connectivity index (χ2n) is 8.69. The van der Waals surface area contributed by atoms with Crippen molar-refractivity contribution in [1.82, 2.24) is 0 Å². The Hall–Kier alpha value is -2.05. The van der Waals surface area contributed by atoms with Gasteiger partial charge in [0.05, 0.1) is 18.1 Å². The van der Waals surface area contributed by atoms with Gasteiger partial charge in [0.1, 0.15) is 17.9 Å². The molecule has 0 unspecified atom stereocenters. The number of ether oxygens (including phenoxy) is 1. The molecule has 0 aromatic heterocycles. The summed E-state index contributed by atoms with van der Waals surface area (Å²) in [7, 11) is 1.57. The molecule has 176 valence electrons. The Morgan fingerprint density at radius 1 is 1.09 bits per heavy atom. The van der Waals surface area contributed by atoms with Crippen molar-refractivity contribution in [2.24, 2.45) is 0 Å². The van der Waals surface area contributed by atoms with E-state index in [1.807, 2.05) is 18.2 Å². The molecule has 2 rings (SSSR count). The number of carbonyl (C=O) groups is 2. The van der Waals surface area contributed by atoms with Crippen molar-refractivity contribution in [3.63, 3.8) is 0 Å². The normalized spacial score (nSPS) is 16.2. The van der Waals surface area contributed by atoms with Crippen LogP contribution in [0.4, 0.5) is 5.69 Å². The van der Waals surface area contributed by atoms with Crippen molar-refractivity contribution in [2.75, 3.05) is 30.5 Å². The second kappa shape index (κ2) is 12.9. The highest BCUT2D eigenvalue weighted by Gasteiger charge is 2.41. The van der Waals surface area contributed by atoms with Crippen LogP contribution in [0.3, 0.4) is 0 Å². The van der Waals surface area contributed by atoms with Gasteiger partial charge < -0.3 is 4.74 Å². The fraction of sp³-hybridized carbons (Fsp3) is 0.615. The number of anilines is 1. The molecule has 1 atom stereocenters. The standard InChI is InChI=1S/C26H39N2O3P/c1-5-8-17-32(18-9-6-2,19-10-7-3)24(20-27)26(30)22-15-16-25(29)28(22)21-13-11-12-14-23(21)31-4/h11-14,22H,5-10,15-19H2,1-4H3/t22-/m0/s1. The van der Waals surface area contributed by atoms with Gasteiger partial charge in [-0.15, -0.1) is 0 Å². The van der Waals surface area contributed by atoms with E-state index in [2.05, 4.69) is 26.8 Å². The van der Waals surface area contributed by atoms with Crippen LogP contribution in [0.1, 0.15) is 72.1 Å². The highest BCUT2D eigenvalue weighted by molar-refractivity contribution is 7.78. The number of rotatable bonds is 13. The van der Waals surface area contributed by atoms with Crippen LogP contribution < -0.4 is 9.64 Å². The van der Waals surface area contributed by atoms with Gasteiger partial charge in [-0.1, -0.05) is 59.1 Å². The molecule has 1 aliphatic rings. The van der Waals surface area contributed by atoms with E-state index in [0.29, 0.717) is 29.6 Å². The third kappa shape index (κ3) is 5.84. The van der Waals surface area contributed by atoms with Gasteiger partial charge in [0, 0.05) is 6.42 Å². The summed E-state index contributed by atoms with van der Waals surface area (Å²) >= 11 is 0. The number of amides is 1. The zero-order valence-corrected chi connectivity index (χ0v) is 21.1. The Bertz CT molecular complexity index is 859. The summed E-state index contributed by atoms with van der Waals surface area (Å²) in [5, 5.41) is 10.8. The maximum atomic E-state index is 14.0. The lowest BCUT2D eigenvalue weighted by Gasteiger charge is -2.31. The number of nitriles is 1. The van der Waals surface area contributed by atoms with Gasteiger partial charge >= 0.3 is 0 Å². The molecule has 1 fully saturated rings. The van der Waals surface area contributed by atoms with Crippen molar-refractivity contribution in [2.45, 2.75) is 78.2 Å². The number of para-hydroxylation sites is 2. The molecule has 1 aliphatic heterocycles. The van der Waals surface area contributed by atoms with E-state index in [0.717, 1.165) is 57.0 Å². The predicted molar refractivity (Wildman–Crippen MR) is 135 cm³/mol. The molecular weight excluding hydrogens is 419 g/mol. The molecule has 32 heavy (non-hydrogen) atoms. The minimum absolute atomic E-state index is 0.0789. The van der Waals surface area contributed by atoms with E-state index in [1.165, 1.54) is 0 Å². The summed E-state index contributed by atoms with van der Waals surface area (Å²) in [5.74, 6) is 0.369. The lowest BCUT2D eigenvalue weighted by molar-refractivity contribution is -0.119. The Balaban J connectivity index is 2.59. The number of hydrogen-bond acceptors (Lipinski definition) is 4. The molecule has 0 N–H and O–H groups in total. The molecule has 0 radical (unpaired) electrons. The van der Waals surface area contributed by atoms with Crippen LogP contribution in [-0.2, 0) is 9.59 Å². The molecule has 1 aromatic carbocycles. The molecule has 1 heterocycles. The Labute approximate surface area is 194 Å². The van der Waals surface area contributed by atoms with E-state index in [-0.39, 0.29) is 11.7 Å². The average Bonchev–Trinajstić information content (AvgIpc) is 3.20. The fourth-order valence-corrected chi connectivity index (χ4v) is 9.60. The van der Waals surface area contributed by atoms with Crippen molar-refractivity contribution >= 4 is 29.6 Å². The van der Waals surface area contributed by atoms with Gasteiger partial charge in [-0.2, -0.15) is 5.26 Å². The summed E-state index contributed by atoms with van der Waals surface area (Å²) in [6, 6.07) is 9.12. The number of carbonyl (C=O) groups excluding carboxylic acids is 2. The SMILES string of the molecule is CCCCP(CCCC)(CCCC)=C(C#N)C(=O)[C@@H]1CCC(=O)N1c1ccccc1OC. The number of hydrogen-bond donors (Lipinski definition) is 0. The zero-order chi connectivity index (χ0) is 23.6. The maximum Gasteiger partial charge on any atom is 0.227 e. The molecule has 1 aromatic rings. The molecule has 5 nitrogen and oxygen atoms in total. The minimum atomic E-state index is -1.88. The van der Waals surface area contributed by atoms with Gasteiger partial charge in [-0.25, -0.2) is 0 Å². The molecule has 0 bridgehead atoms. The summed E-state index contributed by atoms with van der Waals surface area (Å²) in [4.78, 5) is 28.4. The predicted octanol–water partition coefficient (Wildman–Crippen LogP) is 5.87. The quantitative estimate of drug-likeness (QED) is 0.347. The van der Waals surface area contributed by atoms with Crippen LogP contribution in [0.2, 0.25) is 0 Å². The first-order valence-corrected chi connectivity index (χ1v) is 14.5. The fourth-order valence-electron chi connectivity index (χ4n) is 4.67. The summed E-state index contributed by atoms with van der Waals surface area (Å²) < 4.78 is 5.48. The highest BCUT2D eigenvalue weighted by Crippen LogP contribution is 2.52. The van der Waals surface area contributed by atoms with E-state index in [1.54, 1.807) is 18.1 Å². The van der Waals surface area contributed by atoms with Gasteiger partial charge in [0.15, 0.2) is 5.78 Å². The molecule has 0 aliphatic carbocycles. The van der Waals surface area contributed by atoms with Crippen molar-refractivity contribution in [3.8, 4) is 11.8 Å². The first-order valence-electron chi connectivity index (χ1n) is 12.1. The van der Waals surface area contributed by atoms with Crippen LogP contribution in [0.5, 0.6) is 5.75 Å². The molecule has 0 spiro atoms. The first kappa shape index (κ1) is 26.2. The number of methoxy groups -OCH3 is 1. The Kier molecular flexibility index (Phi) is 10.5. The van der Waals surface area contributed by atoms with E-state index >= 15 is 0 Å². The Morgan fingerprint density at radius 3 is 2.16 bits per heavy atom. The first-order chi connectivity index (χ1) is 15.5. The monoisotopic (exact) mass is 458 g/mol. The number of ketones is 1. The summed E-state index contributed by atoms with van der Waals surface area (Å²) in [6.45, 7) is 4.62. The topological polar surface area (TPSA) is 70.4 Å². The number of unbranched alkanes of at least 4 members (excludes halogenated alkanes) is 3. The molecule has 6 heteroatoms. The van der Waals surface area contributed by atoms with Gasteiger partial charge in [0.2, 0.25) is 5.91 Å². The molecule has 1 saturated heterocycles. The summed E-state index contributed by atoms with van der Waals surface area (Å²) in [5.41, 5.74) is 0.618. The van der Waals surface area contributed by atoms with E-state index < -0.39 is 12.9 Å². The Morgan fingerprint density at radius 2 is 1.66 bits per heavy atom. The number of benzene rings is 1. The largest absolute Gasteiger partial charge is 0.495 e. The number of Topliss-reactive ketones (excluding diaryl/α,β-unsaturated/α-hetero) is 1. The zero-order valence-electron chi connectivity index (χ0n) is 20.2. The minimum Gasteiger partial charge on any atom is -0.495 e. The molecular formula is C26H39N2O3P.